The van der Waals surface area contributed by atoms with Crippen LogP contribution >= 0.6 is 0 Å². The van der Waals surface area contributed by atoms with E-state index in [1.807, 2.05) is 37.3 Å². The number of carbonyl (C=O) groups excluding carboxylic acids is 2. The summed E-state index contributed by atoms with van der Waals surface area (Å²) in [7, 11) is 0. The van der Waals surface area contributed by atoms with Gasteiger partial charge in [0.25, 0.3) is 5.91 Å². The molecule has 0 radical (unpaired) electrons. The second-order valence-electron chi connectivity index (χ2n) is 6.17. The van der Waals surface area contributed by atoms with E-state index >= 15 is 0 Å². The molecule has 0 unspecified atom stereocenters. The van der Waals surface area contributed by atoms with Gasteiger partial charge in [0.05, 0.1) is 6.61 Å². The van der Waals surface area contributed by atoms with Gasteiger partial charge in [0.1, 0.15) is 12.4 Å². The van der Waals surface area contributed by atoms with Crippen LogP contribution in [0.25, 0.3) is 0 Å². The smallest absolute Gasteiger partial charge is 0.283 e. The number of hydrazine groups is 1. The van der Waals surface area contributed by atoms with Crippen molar-refractivity contribution in [3.05, 3.63) is 54.1 Å². The number of hydrogen-bond donors (Lipinski definition) is 2. The highest BCUT2D eigenvalue weighted by Gasteiger charge is 2.27. The van der Waals surface area contributed by atoms with Gasteiger partial charge < -0.3 is 14.2 Å². The fraction of sp³-hybridized carbons (Fsp3) is 0.300. The summed E-state index contributed by atoms with van der Waals surface area (Å²) in [6.07, 6.45) is -0.0481. The molecular formula is C20H22N2O5. The number of ether oxygens (including phenoxy) is 3. The number of nitrogens with one attached hydrogen (secondary N) is 2. The largest absolute Gasteiger partial charge is 0.494 e. The van der Waals surface area contributed by atoms with Gasteiger partial charge in [-0.15, -0.1) is 0 Å². The third-order valence-corrected chi connectivity index (χ3v) is 3.93. The predicted molar refractivity (Wildman–Crippen MR) is 98.5 cm³/mol. The Labute approximate surface area is 157 Å². The van der Waals surface area contributed by atoms with E-state index in [0.29, 0.717) is 24.5 Å². The summed E-state index contributed by atoms with van der Waals surface area (Å²) < 4.78 is 16.6. The quantitative estimate of drug-likeness (QED) is 0.601. The molecule has 0 bridgehead atoms. The van der Waals surface area contributed by atoms with Gasteiger partial charge in [0, 0.05) is 6.42 Å². The van der Waals surface area contributed by atoms with Gasteiger partial charge in [0.2, 0.25) is 12.0 Å². The lowest BCUT2D eigenvalue weighted by molar-refractivity contribution is -0.135. The maximum absolute atomic E-state index is 12.1. The van der Waals surface area contributed by atoms with Crippen LogP contribution in [0.15, 0.2) is 48.5 Å². The number of benzene rings is 2. The maximum atomic E-state index is 12.1. The van der Waals surface area contributed by atoms with Gasteiger partial charge in [-0.25, -0.2) is 0 Å². The van der Waals surface area contributed by atoms with Crippen LogP contribution in [0.1, 0.15) is 18.4 Å². The number of fused-ring (bicyclic) bond motifs is 1. The van der Waals surface area contributed by atoms with Crippen molar-refractivity contribution in [1.29, 1.82) is 0 Å². The lowest BCUT2D eigenvalue weighted by Gasteiger charge is -2.25. The highest BCUT2D eigenvalue weighted by molar-refractivity contribution is 5.85. The Bertz CT molecular complexity index is 808. The molecule has 1 aliphatic heterocycles. The van der Waals surface area contributed by atoms with Crippen molar-refractivity contribution >= 4 is 11.8 Å². The second-order valence-corrected chi connectivity index (χ2v) is 6.17. The standard InChI is InChI=1S/C20H22N2O5/c1-14-6-4-7-15(12-14)25-11-5-10-19(23)21-22-20(24)18-13-26-16-8-2-3-9-17(16)27-18/h2-4,6-9,12,18H,5,10-11,13H2,1H3,(H,21,23)(H,22,24)/t18-/m1/s1. The van der Waals surface area contributed by atoms with Crippen LogP contribution in [-0.2, 0) is 9.59 Å². The van der Waals surface area contributed by atoms with Gasteiger partial charge in [-0.3, -0.25) is 20.4 Å². The summed E-state index contributed by atoms with van der Waals surface area (Å²) >= 11 is 0. The number of rotatable bonds is 6. The Hall–Kier alpha value is -3.22. The van der Waals surface area contributed by atoms with E-state index in [9.17, 15) is 9.59 Å². The normalized spacial score (nSPS) is 14.9. The van der Waals surface area contributed by atoms with E-state index in [4.69, 9.17) is 14.2 Å². The topological polar surface area (TPSA) is 85.9 Å². The van der Waals surface area contributed by atoms with Gasteiger partial charge in [-0.2, -0.15) is 0 Å². The second kappa shape index (κ2) is 8.93. The number of amides is 2. The van der Waals surface area contributed by atoms with Crippen LogP contribution in [0.4, 0.5) is 0 Å². The molecule has 27 heavy (non-hydrogen) atoms. The Kier molecular flexibility index (Phi) is 6.14. The van der Waals surface area contributed by atoms with Crippen molar-refractivity contribution in [1.82, 2.24) is 10.9 Å². The van der Waals surface area contributed by atoms with E-state index in [0.717, 1.165) is 11.3 Å². The Morgan fingerprint density at radius 1 is 1.11 bits per heavy atom. The van der Waals surface area contributed by atoms with Crippen LogP contribution in [0.2, 0.25) is 0 Å². The molecule has 142 valence electrons. The first-order valence-corrected chi connectivity index (χ1v) is 8.78. The lowest BCUT2D eigenvalue weighted by Crippen LogP contribution is -2.50. The van der Waals surface area contributed by atoms with Gasteiger partial charge in [0.15, 0.2) is 11.5 Å². The summed E-state index contributed by atoms with van der Waals surface area (Å²) in [6, 6.07) is 14.8. The molecular weight excluding hydrogens is 348 g/mol. The Morgan fingerprint density at radius 3 is 2.74 bits per heavy atom. The molecule has 2 amide bonds. The van der Waals surface area contributed by atoms with Crippen molar-refractivity contribution in [3.8, 4) is 17.2 Å². The minimum absolute atomic E-state index is 0.0864. The molecule has 0 saturated heterocycles. The van der Waals surface area contributed by atoms with Crippen LogP contribution in [0.5, 0.6) is 17.2 Å². The summed E-state index contributed by atoms with van der Waals surface area (Å²) in [5.41, 5.74) is 5.86. The molecule has 0 fully saturated rings. The van der Waals surface area contributed by atoms with Crippen LogP contribution in [0, 0.1) is 6.92 Å². The first-order valence-electron chi connectivity index (χ1n) is 8.78. The van der Waals surface area contributed by atoms with Gasteiger partial charge in [-0.1, -0.05) is 24.3 Å². The first-order chi connectivity index (χ1) is 13.1. The van der Waals surface area contributed by atoms with E-state index in [-0.39, 0.29) is 18.9 Å². The van der Waals surface area contributed by atoms with E-state index in [2.05, 4.69) is 10.9 Å². The monoisotopic (exact) mass is 370 g/mol. The van der Waals surface area contributed by atoms with E-state index < -0.39 is 12.0 Å². The third-order valence-electron chi connectivity index (χ3n) is 3.93. The SMILES string of the molecule is Cc1cccc(OCCCC(=O)NNC(=O)[C@H]2COc3ccccc3O2)c1. The zero-order valence-electron chi connectivity index (χ0n) is 15.1. The van der Waals surface area contributed by atoms with Crippen molar-refractivity contribution in [2.45, 2.75) is 25.9 Å². The number of carbonyl (C=O) groups is 2. The predicted octanol–water partition coefficient (Wildman–Crippen LogP) is 2.14. The molecule has 2 aromatic rings. The molecule has 2 aromatic carbocycles. The lowest BCUT2D eigenvalue weighted by atomic mass is 10.2. The van der Waals surface area contributed by atoms with Crippen LogP contribution < -0.4 is 25.1 Å². The zero-order valence-corrected chi connectivity index (χ0v) is 15.1. The van der Waals surface area contributed by atoms with Crippen molar-refractivity contribution in [2.75, 3.05) is 13.2 Å². The molecule has 2 N–H and O–H groups in total. The molecule has 7 heteroatoms. The summed E-state index contributed by atoms with van der Waals surface area (Å²) in [5, 5.41) is 0. The molecule has 0 aliphatic carbocycles. The zero-order chi connectivity index (χ0) is 19.1. The van der Waals surface area contributed by atoms with Crippen molar-refractivity contribution in [2.24, 2.45) is 0 Å². The molecule has 7 nitrogen and oxygen atoms in total. The molecule has 0 spiro atoms. The molecule has 1 aliphatic rings. The maximum Gasteiger partial charge on any atom is 0.283 e. The average Bonchev–Trinajstić information content (AvgIpc) is 2.69. The van der Waals surface area contributed by atoms with Crippen LogP contribution in [0.3, 0.4) is 0 Å². The minimum atomic E-state index is -0.815. The Morgan fingerprint density at radius 2 is 1.93 bits per heavy atom. The van der Waals surface area contributed by atoms with Crippen molar-refractivity contribution < 1.29 is 23.8 Å². The molecule has 1 atom stereocenters. The van der Waals surface area contributed by atoms with Gasteiger partial charge >= 0.3 is 0 Å². The number of aryl methyl sites for hydroxylation is 1. The highest BCUT2D eigenvalue weighted by Crippen LogP contribution is 2.30. The van der Waals surface area contributed by atoms with Crippen LogP contribution in [-0.4, -0.2) is 31.1 Å². The summed E-state index contributed by atoms with van der Waals surface area (Å²) in [5.74, 6) is 1.11. The fourth-order valence-corrected chi connectivity index (χ4v) is 2.55. The molecule has 0 saturated carbocycles. The summed E-state index contributed by atoms with van der Waals surface area (Å²) in [4.78, 5) is 23.9. The fourth-order valence-electron chi connectivity index (χ4n) is 2.55. The molecule has 1 heterocycles. The highest BCUT2D eigenvalue weighted by atomic mass is 16.6. The average molecular weight is 370 g/mol. The molecule has 0 aromatic heterocycles. The summed E-state index contributed by atoms with van der Waals surface area (Å²) in [6.45, 7) is 2.49. The van der Waals surface area contributed by atoms with Gasteiger partial charge in [-0.05, 0) is 43.2 Å². The number of para-hydroxylation sites is 2. The van der Waals surface area contributed by atoms with E-state index in [1.165, 1.54) is 0 Å². The van der Waals surface area contributed by atoms with Crippen molar-refractivity contribution in [3.63, 3.8) is 0 Å². The van der Waals surface area contributed by atoms with E-state index in [1.54, 1.807) is 18.2 Å². The number of hydrogen-bond acceptors (Lipinski definition) is 5. The minimum Gasteiger partial charge on any atom is -0.494 e. The Balaban J connectivity index is 1.34. The first kappa shape index (κ1) is 18.6. The molecule has 3 rings (SSSR count). The third kappa shape index (κ3) is 5.37.